The lowest BCUT2D eigenvalue weighted by molar-refractivity contribution is 0.0937. The Morgan fingerprint density at radius 1 is 1.28 bits per heavy atom. The van der Waals surface area contributed by atoms with Crippen LogP contribution >= 0.6 is 46.1 Å². The molecule has 8 heteroatoms. The van der Waals surface area contributed by atoms with E-state index in [2.05, 4.69) is 10.2 Å². The Morgan fingerprint density at radius 3 is 2.60 bits per heavy atom. The molecule has 1 fully saturated rings. The number of hydrogen-bond donors (Lipinski definition) is 1. The van der Waals surface area contributed by atoms with Crippen LogP contribution in [-0.2, 0) is 0 Å². The highest BCUT2D eigenvalue weighted by molar-refractivity contribution is 7.20. The number of benzene rings is 1. The minimum absolute atomic E-state index is 0.239. The molecule has 0 radical (unpaired) electrons. The average molecular weight is 422 g/mol. The standard InChI is InChI=1S/C17H16Cl3FN2OS/c18-11-4-3-5-12(21)15(11)13(23-6-1-2-7-23)9-22-17(24)10-8-14(19)25-16(10)20/h3-5,8,13H,1-2,6-7,9H2,(H,22,24)/t13-/m1/s1. The predicted molar refractivity (Wildman–Crippen MR) is 102 cm³/mol. The molecule has 1 aromatic heterocycles. The molecule has 2 heterocycles. The number of halogens is 4. The summed E-state index contributed by atoms with van der Waals surface area (Å²) in [6, 6.07) is 5.84. The lowest BCUT2D eigenvalue weighted by Crippen LogP contribution is -2.37. The van der Waals surface area contributed by atoms with Gasteiger partial charge in [-0.15, -0.1) is 11.3 Å². The monoisotopic (exact) mass is 420 g/mol. The summed E-state index contributed by atoms with van der Waals surface area (Å²) in [6.07, 6.45) is 2.09. The first kappa shape index (κ1) is 18.9. The molecule has 2 aromatic rings. The fourth-order valence-corrected chi connectivity index (χ4v) is 4.82. The number of carbonyl (C=O) groups excluding carboxylic acids is 1. The van der Waals surface area contributed by atoms with E-state index >= 15 is 0 Å². The first-order chi connectivity index (χ1) is 12.0. The van der Waals surface area contributed by atoms with Crippen LogP contribution in [0.5, 0.6) is 0 Å². The fourth-order valence-electron chi connectivity index (χ4n) is 3.08. The summed E-state index contributed by atoms with van der Waals surface area (Å²) >= 11 is 19.3. The molecule has 3 rings (SSSR count). The molecule has 3 nitrogen and oxygen atoms in total. The van der Waals surface area contributed by atoms with Crippen molar-refractivity contribution in [2.75, 3.05) is 19.6 Å². The molecule has 1 aliphatic heterocycles. The summed E-state index contributed by atoms with van der Waals surface area (Å²) in [7, 11) is 0. The van der Waals surface area contributed by atoms with Crippen molar-refractivity contribution in [2.24, 2.45) is 0 Å². The van der Waals surface area contributed by atoms with E-state index in [4.69, 9.17) is 34.8 Å². The van der Waals surface area contributed by atoms with Crippen LogP contribution in [0, 0.1) is 5.82 Å². The molecule has 0 spiro atoms. The van der Waals surface area contributed by atoms with Crippen molar-refractivity contribution in [1.82, 2.24) is 10.2 Å². The Kier molecular flexibility index (Phi) is 6.23. The highest BCUT2D eigenvalue weighted by Gasteiger charge is 2.28. The quantitative estimate of drug-likeness (QED) is 0.699. The van der Waals surface area contributed by atoms with Gasteiger partial charge >= 0.3 is 0 Å². The van der Waals surface area contributed by atoms with E-state index < -0.39 is 0 Å². The second-order valence-corrected chi connectivity index (χ2v) is 8.53. The second kappa shape index (κ2) is 8.23. The van der Waals surface area contributed by atoms with E-state index in [-0.39, 0.29) is 24.3 Å². The SMILES string of the molecule is O=C(NC[C@H](c1c(F)cccc1Cl)N1CCCC1)c1cc(Cl)sc1Cl. The molecule has 25 heavy (non-hydrogen) atoms. The molecular weight excluding hydrogens is 406 g/mol. The van der Waals surface area contributed by atoms with Gasteiger partial charge in [0.15, 0.2) is 0 Å². The number of nitrogens with one attached hydrogen (secondary N) is 1. The summed E-state index contributed by atoms with van der Waals surface area (Å²) in [5.41, 5.74) is 0.747. The van der Waals surface area contributed by atoms with Crippen molar-refractivity contribution in [3.63, 3.8) is 0 Å². The summed E-state index contributed by atoms with van der Waals surface area (Å²) < 4.78 is 15.2. The molecule has 1 N–H and O–H groups in total. The van der Waals surface area contributed by atoms with Gasteiger partial charge in [-0.3, -0.25) is 9.69 Å². The van der Waals surface area contributed by atoms with Gasteiger partial charge in [-0.05, 0) is 44.1 Å². The van der Waals surface area contributed by atoms with E-state index in [1.54, 1.807) is 12.1 Å². The summed E-state index contributed by atoms with van der Waals surface area (Å²) in [5.74, 6) is -0.694. The van der Waals surface area contributed by atoms with Crippen molar-refractivity contribution in [3.8, 4) is 0 Å². The minimum Gasteiger partial charge on any atom is -0.350 e. The van der Waals surface area contributed by atoms with Crippen LogP contribution in [0.4, 0.5) is 4.39 Å². The van der Waals surface area contributed by atoms with E-state index in [9.17, 15) is 9.18 Å². The molecule has 1 aromatic carbocycles. The Balaban J connectivity index is 1.81. The smallest absolute Gasteiger partial charge is 0.253 e. The Morgan fingerprint density at radius 2 is 2.00 bits per heavy atom. The van der Waals surface area contributed by atoms with Crippen molar-refractivity contribution in [2.45, 2.75) is 18.9 Å². The fraction of sp³-hybridized carbons (Fsp3) is 0.353. The van der Waals surface area contributed by atoms with Crippen molar-refractivity contribution in [1.29, 1.82) is 0 Å². The maximum Gasteiger partial charge on any atom is 0.253 e. The molecule has 0 unspecified atom stereocenters. The zero-order chi connectivity index (χ0) is 18.0. The zero-order valence-electron chi connectivity index (χ0n) is 13.2. The highest BCUT2D eigenvalue weighted by atomic mass is 35.5. The third kappa shape index (κ3) is 4.29. The van der Waals surface area contributed by atoms with Crippen LogP contribution in [0.3, 0.4) is 0 Å². The van der Waals surface area contributed by atoms with E-state index in [1.165, 1.54) is 12.1 Å². The Hall–Kier alpha value is -0.850. The highest BCUT2D eigenvalue weighted by Crippen LogP contribution is 2.33. The molecule has 0 saturated carbocycles. The van der Waals surface area contributed by atoms with Crippen molar-refractivity contribution < 1.29 is 9.18 Å². The van der Waals surface area contributed by atoms with Crippen LogP contribution in [0.15, 0.2) is 24.3 Å². The normalized spacial score (nSPS) is 16.2. The molecule has 1 amide bonds. The van der Waals surface area contributed by atoms with Crippen LogP contribution in [0.2, 0.25) is 13.7 Å². The number of amides is 1. The molecule has 1 atom stereocenters. The van der Waals surface area contributed by atoms with Gasteiger partial charge in [0.05, 0.1) is 15.9 Å². The maximum atomic E-state index is 14.4. The largest absolute Gasteiger partial charge is 0.350 e. The first-order valence-electron chi connectivity index (χ1n) is 7.88. The van der Waals surface area contributed by atoms with Crippen LogP contribution in [0.1, 0.15) is 34.8 Å². The number of thiophene rings is 1. The van der Waals surface area contributed by atoms with E-state index in [0.29, 0.717) is 24.8 Å². The van der Waals surface area contributed by atoms with Gasteiger partial charge in [0, 0.05) is 17.1 Å². The van der Waals surface area contributed by atoms with Crippen LogP contribution < -0.4 is 5.32 Å². The molecule has 0 bridgehead atoms. The number of carbonyl (C=O) groups is 1. The summed E-state index contributed by atoms with van der Waals surface area (Å²) in [4.78, 5) is 14.6. The van der Waals surface area contributed by atoms with Gasteiger partial charge < -0.3 is 5.32 Å². The van der Waals surface area contributed by atoms with Crippen LogP contribution in [-0.4, -0.2) is 30.4 Å². The lowest BCUT2D eigenvalue weighted by atomic mass is 10.0. The molecule has 0 aliphatic carbocycles. The van der Waals surface area contributed by atoms with Crippen molar-refractivity contribution >= 4 is 52.0 Å². The number of hydrogen-bond acceptors (Lipinski definition) is 3. The van der Waals surface area contributed by atoms with Gasteiger partial charge in [0.25, 0.3) is 5.91 Å². The first-order valence-corrected chi connectivity index (χ1v) is 9.83. The van der Waals surface area contributed by atoms with Crippen LogP contribution in [0.25, 0.3) is 0 Å². The van der Waals surface area contributed by atoms with E-state index in [1.807, 2.05) is 0 Å². The van der Waals surface area contributed by atoms with Crippen molar-refractivity contribution in [3.05, 3.63) is 54.9 Å². The lowest BCUT2D eigenvalue weighted by Gasteiger charge is -2.29. The molecule has 1 saturated heterocycles. The maximum absolute atomic E-state index is 14.4. The molecule has 134 valence electrons. The molecule has 1 aliphatic rings. The topological polar surface area (TPSA) is 32.3 Å². The van der Waals surface area contributed by atoms with Gasteiger partial charge in [-0.25, -0.2) is 4.39 Å². The van der Waals surface area contributed by atoms with E-state index in [0.717, 1.165) is 37.3 Å². The van der Waals surface area contributed by atoms with Gasteiger partial charge in [-0.1, -0.05) is 40.9 Å². The van der Waals surface area contributed by atoms with Gasteiger partial charge in [0.1, 0.15) is 10.2 Å². The number of rotatable bonds is 5. The third-order valence-electron chi connectivity index (χ3n) is 4.27. The zero-order valence-corrected chi connectivity index (χ0v) is 16.3. The number of nitrogens with zero attached hydrogens (tertiary/aromatic N) is 1. The number of likely N-dealkylation sites (tertiary alicyclic amines) is 1. The minimum atomic E-state index is -0.366. The van der Waals surface area contributed by atoms with Gasteiger partial charge in [0.2, 0.25) is 0 Å². The third-order valence-corrected chi connectivity index (χ3v) is 6.09. The molecular formula is C17H16Cl3FN2OS. The second-order valence-electron chi connectivity index (χ2n) is 5.84. The summed E-state index contributed by atoms with van der Waals surface area (Å²) in [6.45, 7) is 1.93. The summed E-state index contributed by atoms with van der Waals surface area (Å²) in [5, 5.41) is 3.20. The van der Waals surface area contributed by atoms with Gasteiger partial charge in [-0.2, -0.15) is 0 Å². The predicted octanol–water partition coefficient (Wildman–Crippen LogP) is 5.41. The Labute approximate surface area is 164 Å². The average Bonchev–Trinajstić information content (AvgIpc) is 3.19. The Bertz CT molecular complexity index is 757.